The van der Waals surface area contributed by atoms with Crippen LogP contribution in [0, 0.1) is 0 Å². The maximum Gasteiger partial charge on any atom is -0.0154 e. The Bertz CT molecular complexity index is 316. The zero-order valence-electron chi connectivity index (χ0n) is 6.98. The van der Waals surface area contributed by atoms with Crippen LogP contribution in [0.2, 0.25) is 0 Å². The molecule has 1 heterocycles. The van der Waals surface area contributed by atoms with E-state index in [0.29, 0.717) is 0 Å². The van der Waals surface area contributed by atoms with Crippen LogP contribution in [0.5, 0.6) is 0 Å². The Balaban J connectivity index is 2.43. The fourth-order valence-corrected chi connectivity index (χ4v) is 5.43. The second-order valence-electron chi connectivity index (χ2n) is 3.21. The molecule has 0 saturated carbocycles. The molecule has 1 aliphatic rings. The molecular weight excluding hydrogens is 183 g/mol. The summed E-state index contributed by atoms with van der Waals surface area (Å²) < 4.78 is 0. The van der Waals surface area contributed by atoms with E-state index < -0.39 is 6.09 Å². The molecule has 12 heavy (non-hydrogen) atoms. The van der Waals surface area contributed by atoms with Gasteiger partial charge < -0.3 is 0 Å². The van der Waals surface area contributed by atoms with Gasteiger partial charge in [-0.25, -0.2) is 0 Å². The minimum atomic E-state index is -1.10. The topological polar surface area (TPSA) is 0 Å². The van der Waals surface area contributed by atoms with Gasteiger partial charge in [-0.1, -0.05) is 36.1 Å². The summed E-state index contributed by atoms with van der Waals surface area (Å²) in [7, 11) is 0. The molecule has 0 aromatic heterocycles. The van der Waals surface area contributed by atoms with Crippen molar-refractivity contribution in [2.75, 3.05) is 6.16 Å². The molecule has 0 bridgehead atoms. The van der Waals surface area contributed by atoms with Crippen LogP contribution in [0.3, 0.4) is 0 Å². The molecule has 2 heteroatoms. The first-order valence-electron chi connectivity index (χ1n) is 4.32. The van der Waals surface area contributed by atoms with Gasteiger partial charge in [-0.2, -0.15) is 0 Å². The number of rotatable bonds is 1. The molecule has 0 nitrogen and oxygen atoms in total. The predicted octanol–water partition coefficient (Wildman–Crippen LogP) is 2.77. The molecule has 0 aliphatic carbocycles. The van der Waals surface area contributed by atoms with Gasteiger partial charge in [-0.3, -0.25) is 0 Å². The minimum absolute atomic E-state index is 1.10. The van der Waals surface area contributed by atoms with E-state index in [1.165, 1.54) is 24.3 Å². The smallest absolute Gasteiger partial charge is 0.0154 e. The maximum atomic E-state index is 4.83. The molecule has 0 N–H and O–H groups in total. The van der Waals surface area contributed by atoms with E-state index >= 15 is 0 Å². The van der Waals surface area contributed by atoms with Crippen molar-refractivity contribution in [3.63, 3.8) is 0 Å². The molecule has 0 fully saturated rings. The van der Waals surface area contributed by atoms with Crippen molar-refractivity contribution < 1.29 is 0 Å². The lowest BCUT2D eigenvalue weighted by atomic mass is 10.4. The lowest BCUT2D eigenvalue weighted by Gasteiger charge is -2.14. The molecule has 0 amide bonds. The van der Waals surface area contributed by atoms with Crippen molar-refractivity contribution in [1.82, 2.24) is 0 Å². The Morgan fingerprint density at radius 1 is 1.17 bits per heavy atom. The molecule has 1 aliphatic heterocycles. The van der Waals surface area contributed by atoms with Crippen molar-refractivity contribution in [2.45, 2.75) is 12.8 Å². The highest BCUT2D eigenvalue weighted by molar-refractivity contribution is 8.54. The van der Waals surface area contributed by atoms with Crippen LogP contribution in [-0.4, -0.2) is 12.0 Å². The molecule has 0 saturated heterocycles. The first-order chi connectivity index (χ1) is 5.81. The molecule has 1 atom stereocenters. The minimum Gasteiger partial charge on any atom is -0.148 e. The highest BCUT2D eigenvalue weighted by atomic mass is 32.7. The Morgan fingerprint density at radius 2 is 1.92 bits per heavy atom. The largest absolute Gasteiger partial charge is 0.148 e. The van der Waals surface area contributed by atoms with Gasteiger partial charge in [-0.15, -0.1) is 12.2 Å². The van der Waals surface area contributed by atoms with Crippen LogP contribution >= 0.6 is 18.3 Å². The fourth-order valence-electron chi connectivity index (χ4n) is 1.65. The quantitative estimate of drug-likeness (QED) is 0.518. The summed E-state index contributed by atoms with van der Waals surface area (Å²) in [5.74, 6) is 2.44. The SMILES string of the molecule is SP1(c2ccccc2)=CCCC1. The van der Waals surface area contributed by atoms with E-state index in [1.54, 1.807) is 0 Å². The van der Waals surface area contributed by atoms with Crippen LogP contribution in [0.4, 0.5) is 0 Å². The Hall–Kier alpha value is -0.130. The van der Waals surface area contributed by atoms with E-state index in [4.69, 9.17) is 12.2 Å². The average molecular weight is 196 g/mol. The van der Waals surface area contributed by atoms with E-state index in [-0.39, 0.29) is 0 Å². The van der Waals surface area contributed by atoms with Crippen LogP contribution in [0.1, 0.15) is 12.8 Å². The third-order valence-electron chi connectivity index (χ3n) is 2.34. The lowest BCUT2D eigenvalue weighted by Crippen LogP contribution is -2.00. The normalized spacial score (nSPS) is 28.4. The summed E-state index contributed by atoms with van der Waals surface area (Å²) in [6, 6.07) is 10.7. The molecule has 1 aromatic rings. The summed E-state index contributed by atoms with van der Waals surface area (Å²) >= 11 is 4.83. The zero-order chi connectivity index (χ0) is 8.44. The van der Waals surface area contributed by atoms with Crippen molar-refractivity contribution >= 4 is 29.4 Å². The zero-order valence-corrected chi connectivity index (χ0v) is 8.77. The Labute approximate surface area is 79.1 Å². The van der Waals surface area contributed by atoms with Gasteiger partial charge in [0.15, 0.2) is 0 Å². The Morgan fingerprint density at radius 3 is 2.50 bits per heavy atom. The fraction of sp³-hybridized carbons (Fsp3) is 0.300. The molecule has 0 spiro atoms. The van der Waals surface area contributed by atoms with E-state index in [1.807, 2.05) is 0 Å². The van der Waals surface area contributed by atoms with Crippen LogP contribution < -0.4 is 5.30 Å². The monoisotopic (exact) mass is 196 g/mol. The average Bonchev–Trinajstić information content (AvgIpc) is 2.55. The molecule has 0 radical (unpaired) electrons. The molecule has 1 unspecified atom stereocenters. The number of hydrogen-bond donors (Lipinski definition) is 1. The van der Waals surface area contributed by atoms with Crippen LogP contribution in [-0.2, 0) is 0 Å². The lowest BCUT2D eigenvalue weighted by molar-refractivity contribution is 1.05. The highest BCUT2D eigenvalue weighted by Gasteiger charge is 2.17. The van der Waals surface area contributed by atoms with Gasteiger partial charge in [0.05, 0.1) is 0 Å². The van der Waals surface area contributed by atoms with E-state index in [9.17, 15) is 0 Å². The van der Waals surface area contributed by atoms with Gasteiger partial charge in [0, 0.05) is 0 Å². The van der Waals surface area contributed by atoms with Gasteiger partial charge in [-0.05, 0) is 30.4 Å². The highest BCUT2D eigenvalue weighted by Crippen LogP contribution is 2.54. The summed E-state index contributed by atoms with van der Waals surface area (Å²) in [6.45, 7) is 0. The second kappa shape index (κ2) is 3.32. The summed E-state index contributed by atoms with van der Waals surface area (Å²) in [5, 5.41) is 1.45. The molecule has 64 valence electrons. The van der Waals surface area contributed by atoms with Crippen molar-refractivity contribution in [3.8, 4) is 0 Å². The predicted molar refractivity (Wildman–Crippen MR) is 62.1 cm³/mol. The maximum absolute atomic E-state index is 4.83. The third-order valence-corrected chi connectivity index (χ3v) is 7.17. The van der Waals surface area contributed by atoms with Crippen molar-refractivity contribution in [2.24, 2.45) is 0 Å². The summed E-state index contributed by atoms with van der Waals surface area (Å²) in [6.07, 6.45) is 2.77. The van der Waals surface area contributed by atoms with Crippen molar-refractivity contribution in [3.05, 3.63) is 30.3 Å². The standard InChI is InChI=1S/C10H13PS/c12-11(8-4-5-9-11)10-6-2-1-3-7-10/h1-3,6-8,12H,4-5,9H2. The van der Waals surface area contributed by atoms with E-state index in [0.717, 1.165) is 0 Å². The van der Waals surface area contributed by atoms with Gasteiger partial charge in [0.25, 0.3) is 0 Å². The second-order valence-corrected chi connectivity index (χ2v) is 8.33. The molecule has 1 aromatic carbocycles. The Kier molecular flexibility index (Phi) is 2.34. The first kappa shape index (κ1) is 8.47. The van der Waals surface area contributed by atoms with E-state index in [2.05, 4.69) is 36.1 Å². The van der Waals surface area contributed by atoms with Crippen LogP contribution in [0.25, 0.3) is 0 Å². The molecule has 2 rings (SSSR count). The van der Waals surface area contributed by atoms with Crippen molar-refractivity contribution in [1.29, 1.82) is 0 Å². The summed E-state index contributed by atoms with van der Waals surface area (Å²) in [4.78, 5) is 0. The third kappa shape index (κ3) is 1.48. The van der Waals surface area contributed by atoms with Gasteiger partial charge in [0.2, 0.25) is 0 Å². The molecular formula is C10H13PS. The number of benzene rings is 1. The van der Waals surface area contributed by atoms with Gasteiger partial charge >= 0.3 is 0 Å². The summed E-state index contributed by atoms with van der Waals surface area (Å²) in [5.41, 5.74) is 0. The first-order valence-corrected chi connectivity index (χ1v) is 7.51. The number of thiol groups is 1. The van der Waals surface area contributed by atoms with Gasteiger partial charge in [0.1, 0.15) is 0 Å². The van der Waals surface area contributed by atoms with Crippen LogP contribution in [0.15, 0.2) is 30.3 Å². The number of hydrogen-bond acceptors (Lipinski definition) is 1.